The van der Waals surface area contributed by atoms with Gasteiger partial charge >= 0.3 is 0 Å². The zero-order chi connectivity index (χ0) is 14.4. The number of nitrogens with two attached hydrogens (primary N) is 1. The SMILES string of the molecule is CC(C)C[C@H](CN)CC(=O)N1CCCN(C)C(=O)C1. The van der Waals surface area contributed by atoms with Gasteiger partial charge in [-0.2, -0.15) is 0 Å². The second-order valence-electron chi connectivity index (χ2n) is 5.92. The highest BCUT2D eigenvalue weighted by molar-refractivity contribution is 5.85. The lowest BCUT2D eigenvalue weighted by Crippen LogP contribution is -2.39. The van der Waals surface area contributed by atoms with Gasteiger partial charge in [-0.25, -0.2) is 0 Å². The molecule has 1 atom stereocenters. The summed E-state index contributed by atoms with van der Waals surface area (Å²) < 4.78 is 0. The molecule has 0 radical (unpaired) electrons. The van der Waals surface area contributed by atoms with Crippen molar-refractivity contribution in [3.05, 3.63) is 0 Å². The first-order valence-electron chi connectivity index (χ1n) is 7.15. The van der Waals surface area contributed by atoms with Gasteiger partial charge in [-0.1, -0.05) is 13.8 Å². The Bertz CT molecular complexity index is 318. The summed E-state index contributed by atoms with van der Waals surface area (Å²) in [6, 6.07) is 0. The molecule has 0 unspecified atom stereocenters. The number of hydrogen-bond acceptors (Lipinski definition) is 3. The van der Waals surface area contributed by atoms with Crippen molar-refractivity contribution in [3.8, 4) is 0 Å². The lowest BCUT2D eigenvalue weighted by atomic mass is 9.94. The first-order valence-corrected chi connectivity index (χ1v) is 7.15. The monoisotopic (exact) mass is 269 g/mol. The Morgan fingerprint density at radius 2 is 2.05 bits per heavy atom. The summed E-state index contributed by atoms with van der Waals surface area (Å²) in [5, 5.41) is 0. The zero-order valence-corrected chi connectivity index (χ0v) is 12.4. The van der Waals surface area contributed by atoms with E-state index in [1.807, 2.05) is 0 Å². The predicted octanol–water partition coefficient (Wildman–Crippen LogP) is 0.688. The fraction of sp³-hybridized carbons (Fsp3) is 0.857. The highest BCUT2D eigenvalue weighted by Gasteiger charge is 2.24. The number of carbonyl (C=O) groups excluding carboxylic acids is 2. The summed E-state index contributed by atoms with van der Waals surface area (Å²) in [7, 11) is 1.79. The first kappa shape index (κ1) is 16.0. The molecule has 1 heterocycles. The largest absolute Gasteiger partial charge is 0.344 e. The minimum Gasteiger partial charge on any atom is -0.344 e. The van der Waals surface area contributed by atoms with Gasteiger partial charge in [-0.15, -0.1) is 0 Å². The molecule has 0 saturated carbocycles. The fourth-order valence-electron chi connectivity index (χ4n) is 2.50. The van der Waals surface area contributed by atoms with Gasteiger partial charge in [0.1, 0.15) is 0 Å². The summed E-state index contributed by atoms with van der Waals surface area (Å²) >= 11 is 0. The second-order valence-corrected chi connectivity index (χ2v) is 5.92. The molecule has 19 heavy (non-hydrogen) atoms. The standard InChI is InChI=1S/C14H27N3O2/c1-11(2)7-12(9-15)8-13(18)17-6-4-5-16(3)14(19)10-17/h11-12H,4-10,15H2,1-3H3/t12-/m0/s1. The van der Waals surface area contributed by atoms with Gasteiger partial charge in [0.05, 0.1) is 6.54 Å². The van der Waals surface area contributed by atoms with Crippen LogP contribution in [-0.4, -0.2) is 54.8 Å². The van der Waals surface area contributed by atoms with Crippen LogP contribution in [0, 0.1) is 11.8 Å². The highest BCUT2D eigenvalue weighted by Crippen LogP contribution is 2.16. The summed E-state index contributed by atoms with van der Waals surface area (Å²) in [4.78, 5) is 27.4. The number of carbonyl (C=O) groups is 2. The van der Waals surface area contributed by atoms with Gasteiger partial charge < -0.3 is 15.5 Å². The summed E-state index contributed by atoms with van der Waals surface area (Å²) in [5.41, 5.74) is 5.73. The smallest absolute Gasteiger partial charge is 0.241 e. The predicted molar refractivity (Wildman–Crippen MR) is 75.5 cm³/mol. The number of rotatable bonds is 5. The third-order valence-corrected chi connectivity index (χ3v) is 3.63. The van der Waals surface area contributed by atoms with Crippen LogP contribution in [0.5, 0.6) is 0 Å². The molecule has 5 heteroatoms. The molecule has 1 saturated heterocycles. The third-order valence-electron chi connectivity index (χ3n) is 3.63. The maximum absolute atomic E-state index is 12.3. The quantitative estimate of drug-likeness (QED) is 0.798. The molecular formula is C14H27N3O2. The van der Waals surface area contributed by atoms with E-state index < -0.39 is 0 Å². The molecule has 2 amide bonds. The number of hydrogen-bond donors (Lipinski definition) is 1. The third kappa shape index (κ3) is 5.19. The van der Waals surface area contributed by atoms with Gasteiger partial charge in [-0.3, -0.25) is 9.59 Å². The molecule has 1 aliphatic rings. The van der Waals surface area contributed by atoms with Crippen LogP contribution in [0.1, 0.15) is 33.1 Å². The molecule has 1 rings (SSSR count). The Balaban J connectivity index is 2.53. The Labute approximate surface area is 116 Å². The van der Waals surface area contributed by atoms with E-state index >= 15 is 0 Å². The molecule has 1 aliphatic heterocycles. The fourth-order valence-corrected chi connectivity index (χ4v) is 2.50. The molecule has 110 valence electrons. The maximum Gasteiger partial charge on any atom is 0.241 e. The maximum atomic E-state index is 12.3. The number of amides is 2. The van der Waals surface area contributed by atoms with Gasteiger partial charge in [0, 0.05) is 26.6 Å². The molecule has 0 aromatic carbocycles. The lowest BCUT2D eigenvalue weighted by Gasteiger charge is -2.23. The number of nitrogens with zero attached hydrogens (tertiary/aromatic N) is 2. The Morgan fingerprint density at radius 3 is 2.63 bits per heavy atom. The molecular weight excluding hydrogens is 242 g/mol. The van der Waals surface area contributed by atoms with Crippen molar-refractivity contribution in [1.82, 2.24) is 9.80 Å². The van der Waals surface area contributed by atoms with Crippen LogP contribution in [-0.2, 0) is 9.59 Å². The van der Waals surface area contributed by atoms with Gasteiger partial charge in [0.15, 0.2) is 0 Å². The van der Waals surface area contributed by atoms with Crippen LogP contribution in [0.2, 0.25) is 0 Å². The van der Waals surface area contributed by atoms with Crippen molar-refractivity contribution >= 4 is 11.8 Å². The number of likely N-dealkylation sites (N-methyl/N-ethyl adjacent to an activating group) is 1. The Kier molecular flexibility index (Phi) is 6.28. The molecule has 0 spiro atoms. The van der Waals surface area contributed by atoms with Crippen LogP contribution in [0.3, 0.4) is 0 Å². The van der Waals surface area contributed by atoms with Crippen LogP contribution in [0.4, 0.5) is 0 Å². The van der Waals surface area contributed by atoms with E-state index in [-0.39, 0.29) is 24.3 Å². The van der Waals surface area contributed by atoms with E-state index in [1.54, 1.807) is 16.8 Å². The zero-order valence-electron chi connectivity index (χ0n) is 12.4. The molecule has 0 aliphatic carbocycles. The van der Waals surface area contributed by atoms with E-state index in [0.717, 1.165) is 19.4 Å². The van der Waals surface area contributed by atoms with Crippen LogP contribution < -0.4 is 5.73 Å². The summed E-state index contributed by atoms with van der Waals surface area (Å²) in [6.45, 7) is 6.43. The van der Waals surface area contributed by atoms with Crippen molar-refractivity contribution in [2.24, 2.45) is 17.6 Å². The molecule has 0 aromatic heterocycles. The second kappa shape index (κ2) is 7.48. The van der Waals surface area contributed by atoms with Gasteiger partial charge in [-0.05, 0) is 31.2 Å². The van der Waals surface area contributed by atoms with Crippen LogP contribution in [0.25, 0.3) is 0 Å². The topological polar surface area (TPSA) is 66.6 Å². The van der Waals surface area contributed by atoms with Crippen LogP contribution in [0.15, 0.2) is 0 Å². The van der Waals surface area contributed by atoms with E-state index in [9.17, 15) is 9.59 Å². The minimum absolute atomic E-state index is 0.0269. The summed E-state index contributed by atoms with van der Waals surface area (Å²) in [6.07, 6.45) is 2.28. The Hall–Kier alpha value is -1.10. The first-order chi connectivity index (χ1) is 8.93. The average Bonchev–Trinajstić information content (AvgIpc) is 2.50. The Morgan fingerprint density at radius 1 is 1.37 bits per heavy atom. The van der Waals surface area contributed by atoms with Crippen molar-refractivity contribution in [2.45, 2.75) is 33.1 Å². The molecule has 5 nitrogen and oxygen atoms in total. The molecule has 0 aromatic rings. The van der Waals surface area contributed by atoms with Crippen molar-refractivity contribution in [2.75, 3.05) is 33.2 Å². The van der Waals surface area contributed by atoms with E-state index in [0.29, 0.717) is 25.4 Å². The molecule has 0 bridgehead atoms. The van der Waals surface area contributed by atoms with E-state index in [2.05, 4.69) is 13.8 Å². The van der Waals surface area contributed by atoms with Gasteiger partial charge in [0.2, 0.25) is 11.8 Å². The van der Waals surface area contributed by atoms with E-state index in [1.165, 1.54) is 0 Å². The van der Waals surface area contributed by atoms with Crippen molar-refractivity contribution in [1.29, 1.82) is 0 Å². The molecule has 2 N–H and O–H groups in total. The lowest BCUT2D eigenvalue weighted by molar-refractivity contribution is -0.138. The highest BCUT2D eigenvalue weighted by atomic mass is 16.2. The van der Waals surface area contributed by atoms with Crippen molar-refractivity contribution in [3.63, 3.8) is 0 Å². The van der Waals surface area contributed by atoms with Crippen molar-refractivity contribution < 1.29 is 9.59 Å². The normalized spacial score (nSPS) is 18.7. The van der Waals surface area contributed by atoms with E-state index in [4.69, 9.17) is 5.73 Å². The summed E-state index contributed by atoms with van der Waals surface area (Å²) in [5.74, 6) is 0.862. The minimum atomic E-state index is 0.0269. The van der Waals surface area contributed by atoms with Gasteiger partial charge in [0.25, 0.3) is 0 Å². The van der Waals surface area contributed by atoms with Crippen LogP contribution >= 0.6 is 0 Å². The average molecular weight is 269 g/mol. The molecule has 1 fully saturated rings.